The van der Waals surface area contributed by atoms with Gasteiger partial charge in [-0.3, -0.25) is 0 Å². The maximum Gasteiger partial charge on any atom is 0.0562 e. The Morgan fingerprint density at radius 1 is 0.613 bits per heavy atom. The van der Waals surface area contributed by atoms with Crippen LogP contribution in [0.4, 0.5) is 0 Å². The Bertz CT molecular complexity index is 1610. The van der Waals surface area contributed by atoms with Crippen molar-refractivity contribution in [2.45, 2.75) is 6.54 Å². The van der Waals surface area contributed by atoms with Crippen LogP contribution in [-0.4, -0.2) is 9.13 Å². The lowest BCUT2D eigenvalue weighted by Gasteiger charge is -2.08. The molecule has 31 heavy (non-hydrogen) atoms. The molecular formula is C29H22N2. The van der Waals surface area contributed by atoms with Gasteiger partial charge in [-0.15, -0.1) is 0 Å². The summed E-state index contributed by atoms with van der Waals surface area (Å²) < 4.78 is 4.78. The highest BCUT2D eigenvalue weighted by Crippen LogP contribution is 2.38. The van der Waals surface area contributed by atoms with Gasteiger partial charge < -0.3 is 9.13 Å². The third-order valence-electron chi connectivity index (χ3n) is 6.14. The average molecular weight is 399 g/mol. The molecule has 0 aliphatic heterocycles. The molecule has 0 unspecified atom stereocenters. The van der Waals surface area contributed by atoms with Crippen molar-refractivity contribution in [3.63, 3.8) is 0 Å². The molecule has 0 spiro atoms. The number of hydrogen-bond acceptors (Lipinski definition) is 0. The molecule has 2 aromatic heterocycles. The summed E-state index contributed by atoms with van der Waals surface area (Å²) in [5.74, 6) is 0. The molecule has 148 valence electrons. The summed E-state index contributed by atoms with van der Waals surface area (Å²) in [6.07, 6.45) is 6.01. The highest BCUT2D eigenvalue weighted by molar-refractivity contribution is 6.18. The first kappa shape index (κ1) is 17.8. The molecule has 2 heteroatoms. The van der Waals surface area contributed by atoms with Crippen LogP contribution in [0.1, 0.15) is 0 Å². The van der Waals surface area contributed by atoms with Crippen molar-refractivity contribution in [1.82, 2.24) is 9.13 Å². The van der Waals surface area contributed by atoms with Crippen molar-refractivity contribution < 1.29 is 0 Å². The highest BCUT2D eigenvalue weighted by atomic mass is 15.0. The quantitative estimate of drug-likeness (QED) is 0.270. The Kier molecular flexibility index (Phi) is 4.03. The van der Waals surface area contributed by atoms with Crippen LogP contribution >= 0.6 is 0 Å². The monoisotopic (exact) mass is 398 g/mol. The second-order valence-corrected chi connectivity index (χ2v) is 7.87. The minimum atomic E-state index is 0.813. The van der Waals surface area contributed by atoms with Crippen molar-refractivity contribution in [3.8, 4) is 5.69 Å². The molecule has 6 rings (SSSR count). The third kappa shape index (κ3) is 2.65. The van der Waals surface area contributed by atoms with Gasteiger partial charge in [0.2, 0.25) is 0 Å². The topological polar surface area (TPSA) is 9.86 Å². The number of rotatable bonds is 4. The Hall–Kier alpha value is -4.04. The van der Waals surface area contributed by atoms with E-state index in [-0.39, 0.29) is 0 Å². The Morgan fingerprint density at radius 2 is 1.26 bits per heavy atom. The lowest BCUT2D eigenvalue weighted by Crippen LogP contribution is -1.96. The average Bonchev–Trinajstić information content (AvgIpc) is 3.31. The Morgan fingerprint density at radius 3 is 2.03 bits per heavy atom. The van der Waals surface area contributed by atoms with E-state index in [2.05, 4.69) is 113 Å². The van der Waals surface area contributed by atoms with Gasteiger partial charge in [0, 0.05) is 39.3 Å². The molecule has 6 aromatic rings. The van der Waals surface area contributed by atoms with Crippen LogP contribution in [0, 0.1) is 0 Å². The number of para-hydroxylation sites is 3. The molecule has 0 saturated carbocycles. The summed E-state index contributed by atoms with van der Waals surface area (Å²) in [6, 6.07) is 32.8. The van der Waals surface area contributed by atoms with Gasteiger partial charge in [0.15, 0.2) is 0 Å². The van der Waals surface area contributed by atoms with E-state index in [0.29, 0.717) is 0 Å². The molecule has 0 saturated heterocycles. The second-order valence-electron chi connectivity index (χ2n) is 7.87. The molecule has 0 bridgehead atoms. The molecule has 0 N–H and O–H groups in total. The lowest BCUT2D eigenvalue weighted by atomic mass is 10.1. The van der Waals surface area contributed by atoms with E-state index < -0.39 is 0 Å². The number of aromatic nitrogens is 2. The maximum atomic E-state index is 3.82. The fourth-order valence-electron chi connectivity index (χ4n) is 4.82. The first-order valence-electron chi connectivity index (χ1n) is 10.6. The summed E-state index contributed by atoms with van der Waals surface area (Å²) in [4.78, 5) is 0. The summed E-state index contributed by atoms with van der Waals surface area (Å²) >= 11 is 0. The van der Waals surface area contributed by atoms with Crippen LogP contribution < -0.4 is 0 Å². The highest BCUT2D eigenvalue weighted by Gasteiger charge is 2.16. The number of allylic oxidation sites excluding steroid dienone is 3. The van der Waals surface area contributed by atoms with Gasteiger partial charge in [0.25, 0.3) is 0 Å². The maximum absolute atomic E-state index is 3.82. The van der Waals surface area contributed by atoms with Gasteiger partial charge in [-0.1, -0.05) is 79.4 Å². The fraction of sp³-hybridized carbons (Fsp3) is 0.0345. The van der Waals surface area contributed by atoms with E-state index in [9.17, 15) is 0 Å². The molecular weight excluding hydrogens is 376 g/mol. The molecule has 0 fully saturated rings. The SMILES string of the molecule is C=C/C=C\Cn1c2ccccc2c2cc3c4ccccc4n(-c4ccccc4)c3cc21. The lowest BCUT2D eigenvalue weighted by molar-refractivity contribution is 0.899. The summed E-state index contributed by atoms with van der Waals surface area (Å²) in [7, 11) is 0. The summed E-state index contributed by atoms with van der Waals surface area (Å²) in [5.41, 5.74) is 6.16. The zero-order chi connectivity index (χ0) is 20.8. The number of benzene rings is 4. The molecule has 4 aromatic carbocycles. The van der Waals surface area contributed by atoms with E-state index in [1.807, 2.05) is 12.2 Å². The Balaban J connectivity index is 1.78. The van der Waals surface area contributed by atoms with Crippen LogP contribution in [0.5, 0.6) is 0 Å². The van der Waals surface area contributed by atoms with Crippen molar-refractivity contribution in [1.29, 1.82) is 0 Å². The Labute approximate surface area is 180 Å². The minimum absolute atomic E-state index is 0.813. The normalized spacial score (nSPS) is 12.0. The molecule has 0 aliphatic rings. The molecule has 0 amide bonds. The third-order valence-corrected chi connectivity index (χ3v) is 6.14. The predicted octanol–water partition coefficient (Wildman–Crippen LogP) is 7.63. The largest absolute Gasteiger partial charge is 0.337 e. The van der Waals surface area contributed by atoms with Gasteiger partial charge in [0.1, 0.15) is 0 Å². The molecule has 0 aliphatic carbocycles. The number of nitrogens with zero attached hydrogens (tertiary/aromatic N) is 2. The van der Waals surface area contributed by atoms with Crippen LogP contribution in [0.2, 0.25) is 0 Å². The second kappa shape index (κ2) is 7.03. The smallest absolute Gasteiger partial charge is 0.0562 e. The van der Waals surface area contributed by atoms with Crippen molar-refractivity contribution in [2.75, 3.05) is 0 Å². The van der Waals surface area contributed by atoms with E-state index in [0.717, 1.165) is 6.54 Å². The van der Waals surface area contributed by atoms with E-state index >= 15 is 0 Å². The van der Waals surface area contributed by atoms with Crippen molar-refractivity contribution in [2.24, 2.45) is 0 Å². The van der Waals surface area contributed by atoms with Crippen LogP contribution in [0.15, 0.2) is 116 Å². The van der Waals surface area contributed by atoms with Crippen LogP contribution in [0.3, 0.4) is 0 Å². The van der Waals surface area contributed by atoms with E-state index in [1.165, 1.54) is 49.3 Å². The number of fused-ring (bicyclic) bond motifs is 6. The zero-order valence-electron chi connectivity index (χ0n) is 17.2. The minimum Gasteiger partial charge on any atom is -0.337 e. The zero-order valence-corrected chi connectivity index (χ0v) is 17.2. The number of hydrogen-bond donors (Lipinski definition) is 0. The molecule has 0 radical (unpaired) electrons. The molecule has 2 nitrogen and oxygen atoms in total. The van der Waals surface area contributed by atoms with E-state index in [4.69, 9.17) is 0 Å². The van der Waals surface area contributed by atoms with Gasteiger partial charge >= 0.3 is 0 Å². The van der Waals surface area contributed by atoms with Gasteiger partial charge in [-0.05, 0) is 36.4 Å². The molecule has 0 atom stereocenters. The predicted molar refractivity (Wildman–Crippen MR) is 133 cm³/mol. The standard InChI is InChI=1S/C29H22N2/c1-2-3-11-18-30-26-16-9-7-14-22(26)24-19-25-23-15-8-10-17-27(23)31(29(25)20-28(24)30)21-12-5-4-6-13-21/h2-17,19-20H,1,18H2/b11-3-. The van der Waals surface area contributed by atoms with Crippen LogP contribution in [0.25, 0.3) is 49.3 Å². The van der Waals surface area contributed by atoms with Crippen molar-refractivity contribution in [3.05, 3.63) is 116 Å². The van der Waals surface area contributed by atoms with Gasteiger partial charge in [-0.25, -0.2) is 0 Å². The summed E-state index contributed by atoms with van der Waals surface area (Å²) in [6.45, 7) is 4.63. The van der Waals surface area contributed by atoms with Gasteiger partial charge in [-0.2, -0.15) is 0 Å². The fourth-order valence-corrected chi connectivity index (χ4v) is 4.82. The molecule has 2 heterocycles. The first-order chi connectivity index (χ1) is 15.4. The first-order valence-corrected chi connectivity index (χ1v) is 10.6. The van der Waals surface area contributed by atoms with Crippen molar-refractivity contribution >= 4 is 43.6 Å². The van der Waals surface area contributed by atoms with Crippen LogP contribution in [-0.2, 0) is 6.54 Å². The summed E-state index contributed by atoms with van der Waals surface area (Å²) in [5, 5.41) is 5.16. The van der Waals surface area contributed by atoms with Gasteiger partial charge in [0.05, 0.1) is 16.6 Å². The van der Waals surface area contributed by atoms with E-state index in [1.54, 1.807) is 0 Å².